The Hall–Kier alpha value is -2.38. The highest BCUT2D eigenvalue weighted by Crippen LogP contribution is 2.25. The summed E-state index contributed by atoms with van der Waals surface area (Å²) in [4.78, 5) is 26.4. The number of nitrogens with one attached hydrogen (secondary N) is 1. The third kappa shape index (κ3) is 4.23. The number of carbonyl (C=O) groups is 2. The highest BCUT2D eigenvalue weighted by atomic mass is 32.1. The Morgan fingerprint density at radius 3 is 2.88 bits per heavy atom. The number of nitrogens with zero attached hydrogens (tertiary/aromatic N) is 1. The predicted octanol–water partition coefficient (Wildman–Crippen LogP) is 2.93. The van der Waals surface area contributed by atoms with Gasteiger partial charge in [0.15, 0.2) is 0 Å². The molecule has 26 heavy (non-hydrogen) atoms. The number of benzene rings is 1. The van der Waals surface area contributed by atoms with E-state index in [2.05, 4.69) is 16.3 Å². The summed E-state index contributed by atoms with van der Waals surface area (Å²) in [6, 6.07) is 7.75. The van der Waals surface area contributed by atoms with Gasteiger partial charge < -0.3 is 14.8 Å². The summed E-state index contributed by atoms with van der Waals surface area (Å²) in [6.45, 7) is 3.86. The third-order valence-electron chi connectivity index (χ3n) is 4.29. The van der Waals surface area contributed by atoms with Gasteiger partial charge >= 0.3 is 5.97 Å². The van der Waals surface area contributed by atoms with Gasteiger partial charge in [0.25, 0.3) is 0 Å². The molecule has 0 fully saturated rings. The maximum absolute atomic E-state index is 12.4. The molecule has 0 saturated carbocycles. The maximum atomic E-state index is 12.4. The van der Waals surface area contributed by atoms with E-state index in [1.807, 2.05) is 12.1 Å². The molecule has 1 aliphatic heterocycles. The van der Waals surface area contributed by atoms with E-state index >= 15 is 0 Å². The van der Waals surface area contributed by atoms with E-state index < -0.39 is 5.97 Å². The molecule has 138 valence electrons. The number of rotatable bonds is 6. The van der Waals surface area contributed by atoms with Gasteiger partial charge in [-0.05, 0) is 48.1 Å². The Morgan fingerprint density at radius 2 is 2.12 bits per heavy atom. The molecule has 1 amide bonds. The zero-order valence-electron chi connectivity index (χ0n) is 14.9. The molecule has 0 aliphatic carbocycles. The Bertz CT molecular complexity index is 803. The second-order valence-corrected chi connectivity index (χ2v) is 6.94. The molecular formula is C19H22N2O4S. The lowest BCUT2D eigenvalue weighted by Crippen LogP contribution is -2.37. The number of hydrogen-bond donors (Lipinski definition) is 1. The summed E-state index contributed by atoms with van der Waals surface area (Å²) in [5.41, 5.74) is 2.89. The number of thiophene rings is 1. The summed E-state index contributed by atoms with van der Waals surface area (Å²) in [6.07, 6.45) is 0.902. The fourth-order valence-electron chi connectivity index (χ4n) is 3.00. The van der Waals surface area contributed by atoms with Crippen LogP contribution in [-0.4, -0.2) is 43.6 Å². The highest BCUT2D eigenvalue weighted by Gasteiger charge is 2.21. The van der Waals surface area contributed by atoms with E-state index in [1.165, 1.54) is 22.5 Å². The first kappa shape index (κ1) is 18.4. The standard InChI is InChI=1S/C19H22N2O4S/c1-3-25-19(23)16-7-9-26-18(16)20-17(22)12-21-8-6-13-4-5-15(24-2)10-14(13)11-21/h4-5,7,9-10H,3,6,8,11-12H2,1-2H3,(H,20,22). The van der Waals surface area contributed by atoms with Gasteiger partial charge in [-0.15, -0.1) is 11.3 Å². The molecule has 0 unspecified atom stereocenters. The summed E-state index contributed by atoms with van der Waals surface area (Å²) >= 11 is 1.32. The normalized spacial score (nSPS) is 13.8. The molecule has 0 saturated heterocycles. The fraction of sp³-hybridized carbons (Fsp3) is 0.368. The first-order valence-electron chi connectivity index (χ1n) is 8.53. The van der Waals surface area contributed by atoms with Crippen molar-refractivity contribution in [3.8, 4) is 5.75 Å². The van der Waals surface area contributed by atoms with Crippen molar-refractivity contribution in [1.82, 2.24) is 4.90 Å². The zero-order chi connectivity index (χ0) is 18.5. The second-order valence-electron chi connectivity index (χ2n) is 6.03. The Labute approximate surface area is 156 Å². The van der Waals surface area contributed by atoms with Gasteiger partial charge in [-0.1, -0.05) is 6.07 Å². The van der Waals surface area contributed by atoms with Gasteiger partial charge in [-0.25, -0.2) is 4.79 Å². The van der Waals surface area contributed by atoms with Gasteiger partial charge in [0.2, 0.25) is 5.91 Å². The van der Waals surface area contributed by atoms with Crippen LogP contribution < -0.4 is 10.1 Å². The van der Waals surface area contributed by atoms with Crippen molar-refractivity contribution in [2.75, 3.05) is 32.1 Å². The largest absolute Gasteiger partial charge is 0.497 e. The number of esters is 1. The SMILES string of the molecule is CCOC(=O)c1ccsc1NC(=O)CN1CCc2ccc(OC)cc2C1. The zero-order valence-corrected chi connectivity index (χ0v) is 15.7. The minimum Gasteiger partial charge on any atom is -0.497 e. The second kappa shape index (κ2) is 8.33. The van der Waals surface area contributed by atoms with Crippen LogP contribution in [0.1, 0.15) is 28.4 Å². The van der Waals surface area contributed by atoms with E-state index in [0.717, 1.165) is 18.7 Å². The van der Waals surface area contributed by atoms with Crippen molar-refractivity contribution in [3.63, 3.8) is 0 Å². The van der Waals surface area contributed by atoms with E-state index in [1.54, 1.807) is 25.5 Å². The van der Waals surface area contributed by atoms with Gasteiger partial charge in [0.1, 0.15) is 10.8 Å². The maximum Gasteiger partial charge on any atom is 0.341 e. The topological polar surface area (TPSA) is 67.9 Å². The first-order chi connectivity index (χ1) is 12.6. The van der Waals surface area contributed by atoms with E-state index in [-0.39, 0.29) is 12.5 Å². The summed E-state index contributed by atoms with van der Waals surface area (Å²) in [5, 5.41) is 5.14. The Morgan fingerprint density at radius 1 is 1.27 bits per heavy atom. The molecule has 0 radical (unpaired) electrons. The molecule has 3 rings (SSSR count). The van der Waals surface area contributed by atoms with Crippen LogP contribution in [0.25, 0.3) is 0 Å². The van der Waals surface area contributed by atoms with Gasteiger partial charge in [-0.3, -0.25) is 9.69 Å². The van der Waals surface area contributed by atoms with Crippen LogP contribution in [0, 0.1) is 0 Å². The van der Waals surface area contributed by atoms with Gasteiger partial charge in [0, 0.05) is 13.1 Å². The molecule has 6 nitrogen and oxygen atoms in total. The molecule has 1 aromatic heterocycles. The van der Waals surface area contributed by atoms with Crippen LogP contribution in [0.15, 0.2) is 29.6 Å². The van der Waals surface area contributed by atoms with Crippen LogP contribution in [-0.2, 0) is 22.5 Å². The fourth-order valence-corrected chi connectivity index (χ4v) is 3.79. The molecular weight excluding hydrogens is 352 g/mol. The lowest BCUT2D eigenvalue weighted by Gasteiger charge is -2.28. The summed E-state index contributed by atoms with van der Waals surface area (Å²) < 4.78 is 10.3. The number of ether oxygens (including phenoxy) is 2. The van der Waals surface area contributed by atoms with Crippen LogP contribution in [0.4, 0.5) is 5.00 Å². The average molecular weight is 374 g/mol. The molecule has 0 atom stereocenters. The van der Waals surface area contributed by atoms with E-state index in [4.69, 9.17) is 9.47 Å². The number of carbonyl (C=O) groups excluding carboxylic acids is 2. The molecule has 2 aromatic rings. The average Bonchev–Trinajstić information content (AvgIpc) is 3.09. The Kier molecular flexibility index (Phi) is 5.90. The number of amides is 1. The lowest BCUT2D eigenvalue weighted by molar-refractivity contribution is -0.117. The molecule has 0 bridgehead atoms. The predicted molar refractivity (Wildman–Crippen MR) is 101 cm³/mol. The van der Waals surface area contributed by atoms with Crippen LogP contribution >= 0.6 is 11.3 Å². The molecule has 7 heteroatoms. The first-order valence-corrected chi connectivity index (χ1v) is 9.41. The molecule has 2 heterocycles. The summed E-state index contributed by atoms with van der Waals surface area (Å²) in [5.74, 6) is 0.278. The number of anilines is 1. The highest BCUT2D eigenvalue weighted by molar-refractivity contribution is 7.14. The van der Waals surface area contributed by atoms with Crippen molar-refractivity contribution in [1.29, 1.82) is 0 Å². The van der Waals surface area contributed by atoms with Crippen LogP contribution in [0.2, 0.25) is 0 Å². The smallest absolute Gasteiger partial charge is 0.341 e. The van der Waals surface area contributed by atoms with E-state index in [0.29, 0.717) is 23.7 Å². The third-order valence-corrected chi connectivity index (χ3v) is 5.12. The number of methoxy groups -OCH3 is 1. The minimum atomic E-state index is -0.414. The van der Waals surface area contributed by atoms with Gasteiger partial charge in [-0.2, -0.15) is 0 Å². The monoisotopic (exact) mass is 374 g/mol. The van der Waals surface area contributed by atoms with Crippen molar-refractivity contribution < 1.29 is 19.1 Å². The van der Waals surface area contributed by atoms with Crippen LogP contribution in [0.3, 0.4) is 0 Å². The number of fused-ring (bicyclic) bond motifs is 1. The van der Waals surface area contributed by atoms with Crippen molar-refractivity contribution >= 4 is 28.2 Å². The molecule has 1 N–H and O–H groups in total. The molecule has 1 aliphatic rings. The van der Waals surface area contributed by atoms with Crippen molar-refractivity contribution in [3.05, 3.63) is 46.3 Å². The van der Waals surface area contributed by atoms with Crippen LogP contribution in [0.5, 0.6) is 5.75 Å². The molecule has 0 spiro atoms. The van der Waals surface area contributed by atoms with Gasteiger partial charge in [0.05, 0.1) is 25.8 Å². The minimum absolute atomic E-state index is 0.135. The van der Waals surface area contributed by atoms with Crippen molar-refractivity contribution in [2.24, 2.45) is 0 Å². The van der Waals surface area contributed by atoms with E-state index in [9.17, 15) is 9.59 Å². The quantitative estimate of drug-likeness (QED) is 0.788. The van der Waals surface area contributed by atoms with Crippen molar-refractivity contribution in [2.45, 2.75) is 19.9 Å². The lowest BCUT2D eigenvalue weighted by atomic mass is 9.99. The Balaban J connectivity index is 1.61. The number of hydrogen-bond acceptors (Lipinski definition) is 6. The molecule has 1 aromatic carbocycles. The summed E-state index contributed by atoms with van der Waals surface area (Å²) in [7, 11) is 1.65.